The molecule has 0 aromatic heterocycles. The number of anilines is 1. The van der Waals surface area contributed by atoms with Gasteiger partial charge in [-0.05, 0) is 44.0 Å². The molecule has 0 atom stereocenters. The Morgan fingerprint density at radius 3 is 2.39 bits per heavy atom. The highest BCUT2D eigenvalue weighted by Gasteiger charge is 2.17. The van der Waals surface area contributed by atoms with Crippen LogP contribution in [0.3, 0.4) is 0 Å². The van der Waals surface area contributed by atoms with Gasteiger partial charge in [-0.25, -0.2) is 4.79 Å². The molecular weight excluding hydrogens is 234 g/mol. The van der Waals surface area contributed by atoms with Crippen molar-refractivity contribution in [3.8, 4) is 5.75 Å². The van der Waals surface area contributed by atoms with Gasteiger partial charge in [-0.3, -0.25) is 4.79 Å². The maximum atomic E-state index is 11.5. The molecule has 0 unspecified atom stereocenters. The van der Waals surface area contributed by atoms with Gasteiger partial charge in [0.2, 0.25) is 0 Å². The molecule has 1 aromatic carbocycles. The average molecular weight is 251 g/mol. The summed E-state index contributed by atoms with van der Waals surface area (Å²) in [4.78, 5) is 22.7. The number of carbonyl (C=O) groups is 2. The number of esters is 1. The summed E-state index contributed by atoms with van der Waals surface area (Å²) >= 11 is 0. The number of aryl methyl sites for hydroxylation is 2. The van der Waals surface area contributed by atoms with Crippen LogP contribution in [0.1, 0.15) is 18.1 Å². The van der Waals surface area contributed by atoms with Gasteiger partial charge in [-0.15, -0.1) is 0 Å². The highest BCUT2D eigenvalue weighted by Crippen LogP contribution is 2.27. The summed E-state index contributed by atoms with van der Waals surface area (Å²) in [7, 11) is 1.50. The van der Waals surface area contributed by atoms with Crippen molar-refractivity contribution in [2.24, 2.45) is 0 Å². The van der Waals surface area contributed by atoms with Crippen molar-refractivity contribution in [3.05, 3.63) is 23.3 Å². The lowest BCUT2D eigenvalue weighted by atomic mass is 10.1. The van der Waals surface area contributed by atoms with E-state index in [1.165, 1.54) is 7.11 Å². The van der Waals surface area contributed by atoms with Crippen molar-refractivity contribution < 1.29 is 19.1 Å². The Morgan fingerprint density at radius 1 is 1.22 bits per heavy atom. The minimum atomic E-state index is -0.905. The second kappa shape index (κ2) is 6.05. The van der Waals surface area contributed by atoms with Gasteiger partial charge in [0.1, 0.15) is 5.75 Å². The summed E-state index contributed by atoms with van der Waals surface area (Å²) < 4.78 is 9.77. The number of benzene rings is 1. The van der Waals surface area contributed by atoms with Crippen molar-refractivity contribution in [1.82, 2.24) is 0 Å². The van der Waals surface area contributed by atoms with E-state index in [0.717, 1.165) is 11.1 Å². The first-order chi connectivity index (χ1) is 8.49. The zero-order valence-electron chi connectivity index (χ0n) is 11.0. The topological polar surface area (TPSA) is 64.6 Å². The van der Waals surface area contributed by atoms with Crippen LogP contribution >= 0.6 is 0 Å². The first-order valence-corrected chi connectivity index (χ1v) is 5.63. The van der Waals surface area contributed by atoms with E-state index in [2.05, 4.69) is 10.1 Å². The van der Waals surface area contributed by atoms with Crippen LogP contribution in [0.4, 0.5) is 5.69 Å². The monoisotopic (exact) mass is 251 g/mol. The van der Waals surface area contributed by atoms with Crippen LogP contribution in [-0.4, -0.2) is 25.6 Å². The van der Waals surface area contributed by atoms with E-state index in [-0.39, 0.29) is 6.61 Å². The predicted molar refractivity (Wildman–Crippen MR) is 67.7 cm³/mol. The maximum Gasteiger partial charge on any atom is 0.397 e. The molecule has 0 aliphatic heterocycles. The van der Waals surface area contributed by atoms with Crippen LogP contribution in [0.2, 0.25) is 0 Å². The van der Waals surface area contributed by atoms with Crippen molar-refractivity contribution in [3.63, 3.8) is 0 Å². The van der Waals surface area contributed by atoms with E-state index < -0.39 is 11.9 Å². The minimum absolute atomic E-state index is 0.163. The third kappa shape index (κ3) is 3.23. The minimum Gasteiger partial charge on any atom is -0.495 e. The van der Waals surface area contributed by atoms with Crippen molar-refractivity contribution in [1.29, 1.82) is 0 Å². The molecule has 0 fully saturated rings. The molecule has 0 radical (unpaired) electrons. The van der Waals surface area contributed by atoms with E-state index in [1.54, 1.807) is 19.1 Å². The number of hydrogen-bond donors (Lipinski definition) is 1. The first kappa shape index (κ1) is 14.0. The van der Waals surface area contributed by atoms with E-state index in [9.17, 15) is 9.59 Å². The molecule has 1 rings (SSSR count). The largest absolute Gasteiger partial charge is 0.495 e. The van der Waals surface area contributed by atoms with Gasteiger partial charge in [-0.1, -0.05) is 0 Å². The highest BCUT2D eigenvalue weighted by atomic mass is 16.5. The third-order valence-electron chi connectivity index (χ3n) is 2.52. The quantitative estimate of drug-likeness (QED) is 0.657. The number of ether oxygens (including phenoxy) is 2. The smallest absolute Gasteiger partial charge is 0.397 e. The fraction of sp³-hybridized carbons (Fsp3) is 0.385. The summed E-state index contributed by atoms with van der Waals surface area (Å²) in [6.45, 7) is 5.65. The molecule has 1 amide bonds. The van der Waals surface area contributed by atoms with Crippen LogP contribution < -0.4 is 10.1 Å². The van der Waals surface area contributed by atoms with E-state index in [0.29, 0.717) is 11.4 Å². The molecule has 1 N–H and O–H groups in total. The zero-order valence-corrected chi connectivity index (χ0v) is 11.0. The van der Waals surface area contributed by atoms with E-state index >= 15 is 0 Å². The van der Waals surface area contributed by atoms with E-state index in [4.69, 9.17) is 4.74 Å². The van der Waals surface area contributed by atoms with Gasteiger partial charge in [0.05, 0.1) is 19.4 Å². The number of rotatable bonds is 3. The summed E-state index contributed by atoms with van der Waals surface area (Å²) in [5, 5.41) is 2.48. The van der Waals surface area contributed by atoms with Crippen LogP contribution in [0.15, 0.2) is 12.1 Å². The molecule has 18 heavy (non-hydrogen) atoms. The lowest BCUT2D eigenvalue weighted by Gasteiger charge is -2.12. The fourth-order valence-corrected chi connectivity index (χ4v) is 1.43. The zero-order chi connectivity index (χ0) is 13.7. The fourth-order valence-electron chi connectivity index (χ4n) is 1.43. The first-order valence-electron chi connectivity index (χ1n) is 5.63. The van der Waals surface area contributed by atoms with E-state index in [1.807, 2.05) is 13.8 Å². The number of nitrogens with one attached hydrogen (secondary N) is 1. The predicted octanol–water partition coefficient (Wildman–Crippen LogP) is 1.81. The van der Waals surface area contributed by atoms with Gasteiger partial charge in [0, 0.05) is 0 Å². The highest BCUT2D eigenvalue weighted by molar-refractivity contribution is 6.37. The summed E-state index contributed by atoms with van der Waals surface area (Å²) in [6, 6.07) is 3.56. The van der Waals surface area contributed by atoms with Crippen LogP contribution in [0.25, 0.3) is 0 Å². The Morgan fingerprint density at radius 2 is 1.83 bits per heavy atom. The molecule has 5 nitrogen and oxygen atoms in total. The molecule has 0 saturated heterocycles. The molecule has 98 valence electrons. The molecule has 1 aromatic rings. The van der Waals surface area contributed by atoms with Crippen LogP contribution in [0.5, 0.6) is 5.75 Å². The number of hydrogen-bond acceptors (Lipinski definition) is 4. The molecule has 5 heteroatoms. The average Bonchev–Trinajstić information content (AvgIpc) is 2.33. The van der Waals surface area contributed by atoms with Crippen molar-refractivity contribution in [2.75, 3.05) is 19.0 Å². The van der Waals surface area contributed by atoms with Gasteiger partial charge in [0.25, 0.3) is 0 Å². The Hall–Kier alpha value is -2.04. The molecule has 0 aliphatic rings. The Bertz CT molecular complexity index is 468. The summed E-state index contributed by atoms with van der Waals surface area (Å²) in [5.74, 6) is -1.20. The molecule has 0 spiro atoms. The Labute approximate surface area is 106 Å². The number of carbonyl (C=O) groups excluding carboxylic acids is 2. The molecular formula is C13H17NO4. The maximum absolute atomic E-state index is 11.5. The Balaban J connectivity index is 2.93. The van der Waals surface area contributed by atoms with Crippen molar-refractivity contribution >= 4 is 17.6 Å². The van der Waals surface area contributed by atoms with Gasteiger partial charge < -0.3 is 14.8 Å². The molecule has 0 saturated carbocycles. The van der Waals surface area contributed by atoms with Crippen LogP contribution in [-0.2, 0) is 14.3 Å². The summed E-state index contributed by atoms with van der Waals surface area (Å²) in [6.07, 6.45) is 0. The summed E-state index contributed by atoms with van der Waals surface area (Å²) in [5.41, 5.74) is 2.49. The normalized spacial score (nSPS) is 9.78. The lowest BCUT2D eigenvalue weighted by Crippen LogP contribution is -2.25. The third-order valence-corrected chi connectivity index (χ3v) is 2.52. The molecule has 0 aliphatic carbocycles. The van der Waals surface area contributed by atoms with Crippen molar-refractivity contribution in [2.45, 2.75) is 20.8 Å². The van der Waals surface area contributed by atoms with Gasteiger partial charge in [-0.2, -0.15) is 0 Å². The molecule has 0 heterocycles. The second-order valence-corrected chi connectivity index (χ2v) is 3.81. The molecule has 0 bridgehead atoms. The number of amides is 1. The number of methoxy groups -OCH3 is 1. The second-order valence-electron chi connectivity index (χ2n) is 3.81. The Kier molecular flexibility index (Phi) is 4.71. The SMILES string of the molecule is CCOC(=O)C(=O)Nc1cc(C)c(C)cc1OC. The van der Waals surface area contributed by atoms with Crippen LogP contribution in [0, 0.1) is 13.8 Å². The van der Waals surface area contributed by atoms with Gasteiger partial charge >= 0.3 is 11.9 Å². The lowest BCUT2D eigenvalue weighted by molar-refractivity contribution is -0.152. The standard InChI is InChI=1S/C13H17NO4/c1-5-18-13(16)12(15)14-10-6-8(2)9(3)7-11(10)17-4/h6-7H,5H2,1-4H3,(H,14,15). The van der Waals surface area contributed by atoms with Gasteiger partial charge in [0.15, 0.2) is 0 Å².